The van der Waals surface area contributed by atoms with Crippen molar-refractivity contribution in [2.24, 2.45) is 0 Å². The molecular weight excluding hydrogens is 211 g/mol. The van der Waals surface area contributed by atoms with Gasteiger partial charge in [0.05, 0.1) is 0 Å². The molecule has 0 aliphatic rings. The topological polar surface area (TPSA) is 189 Å². The Labute approximate surface area is 59.2 Å². The second-order valence-corrected chi connectivity index (χ2v) is 0. The predicted molar refractivity (Wildman–Crippen MR) is 27.4 cm³/mol. The van der Waals surface area contributed by atoms with E-state index in [2.05, 4.69) is 0 Å². The zero-order valence-corrected chi connectivity index (χ0v) is 6.87. The Bertz CT molecular complexity index is 4.14. The largest absolute Gasteiger partial charge is 0.412 e. The van der Waals surface area contributed by atoms with Gasteiger partial charge in [0.1, 0.15) is 0 Å². The summed E-state index contributed by atoms with van der Waals surface area (Å²) in [4.78, 5) is 0. The van der Waals surface area contributed by atoms with Crippen LogP contribution in [0.1, 0.15) is 0 Å². The average Bonchev–Trinajstić information content (AvgIpc) is 0. The second-order valence-electron chi connectivity index (χ2n) is 0. The van der Waals surface area contributed by atoms with Crippen molar-refractivity contribution in [3.63, 3.8) is 0 Å². The van der Waals surface area contributed by atoms with Gasteiger partial charge in [-0.1, -0.05) is 0 Å². The van der Waals surface area contributed by atoms with Crippen LogP contribution < -0.4 is 0 Å². The van der Waals surface area contributed by atoms with Gasteiger partial charge in [0, 0.05) is 25.8 Å². The van der Waals surface area contributed by atoms with Gasteiger partial charge in [-0.15, -0.1) is 0 Å². The Morgan fingerprint density at radius 2 is 0.286 bits per heavy atom. The predicted octanol–water partition coefficient (Wildman–Crippen LogP) is -5.33. The van der Waals surface area contributed by atoms with Gasteiger partial charge in [0.25, 0.3) is 0 Å². The van der Waals surface area contributed by atoms with Crippen molar-refractivity contribution < 1.29 is 32.9 Å². The van der Waals surface area contributed by atoms with Gasteiger partial charge < -0.3 is 32.9 Å². The van der Waals surface area contributed by atoms with Crippen molar-refractivity contribution in [3.8, 4) is 0 Å². The Morgan fingerprint density at radius 3 is 0.286 bits per heavy atom. The third-order valence-corrected chi connectivity index (χ3v) is 0. The molecule has 7 heteroatoms. The van der Waals surface area contributed by atoms with Crippen LogP contribution in [0.25, 0.3) is 0 Å². The van der Waals surface area contributed by atoms with Crippen molar-refractivity contribution in [2.75, 3.05) is 0 Å². The molecule has 0 rings (SSSR count). The minimum absolute atomic E-state index is 0. The molecule has 0 aromatic carbocycles. The minimum atomic E-state index is 0. The van der Waals surface area contributed by atoms with Crippen molar-refractivity contribution >= 4 is 25.8 Å². The quantitative estimate of drug-likeness (QED) is 0.379. The molecule has 0 aliphatic carbocycles. The van der Waals surface area contributed by atoms with E-state index in [1.807, 2.05) is 0 Å². The summed E-state index contributed by atoms with van der Waals surface area (Å²) < 4.78 is 0. The zero-order valence-electron chi connectivity index (χ0n) is 3.58. The third-order valence-electron chi connectivity index (χ3n) is 0. The molecule has 0 aromatic heterocycles. The maximum atomic E-state index is 0. The number of rotatable bonds is 0. The van der Waals surface area contributed by atoms with E-state index in [9.17, 15) is 0 Å². The van der Waals surface area contributed by atoms with E-state index in [0.717, 1.165) is 0 Å². The van der Waals surface area contributed by atoms with Crippen LogP contribution in [-0.4, -0.2) is 58.7 Å². The molecule has 0 fully saturated rings. The summed E-state index contributed by atoms with van der Waals surface area (Å²) in [6.45, 7) is 0. The summed E-state index contributed by atoms with van der Waals surface area (Å²) >= 11 is 0. The van der Waals surface area contributed by atoms with E-state index < -0.39 is 0 Å². The van der Waals surface area contributed by atoms with Gasteiger partial charge in [-0.25, -0.2) is 0 Å². The first-order valence-electron chi connectivity index (χ1n) is 0. The normalized spacial score (nSPS) is 0. The minimum Gasteiger partial charge on any atom is -0.412 e. The Balaban J connectivity index is 0. The average molecular weight is 223 g/mol. The molecule has 0 amide bonds. The number of hydrogen-bond donors (Lipinski definition) is 0. The molecule has 51 valence electrons. The van der Waals surface area contributed by atoms with E-state index in [1.54, 1.807) is 0 Å². The first-order chi connectivity index (χ1) is 0. The van der Waals surface area contributed by atoms with Gasteiger partial charge in [-0.2, -0.15) is 0 Å². The van der Waals surface area contributed by atoms with Gasteiger partial charge in [0.15, 0.2) is 0 Å². The summed E-state index contributed by atoms with van der Waals surface area (Å²) in [6, 6.07) is 0. The van der Waals surface area contributed by atoms with E-state index in [4.69, 9.17) is 0 Å². The molecule has 12 N–H and O–H groups in total. The van der Waals surface area contributed by atoms with Crippen LogP contribution in [0.4, 0.5) is 0 Å². The Hall–Kier alpha value is 0.630. The Kier molecular flexibility index (Phi) is 63900. The standard InChI is InChI=1S/In.6H2O/h;6*1H2. The van der Waals surface area contributed by atoms with Crippen LogP contribution in [0.15, 0.2) is 0 Å². The van der Waals surface area contributed by atoms with Gasteiger partial charge in [-0.3, -0.25) is 0 Å². The van der Waals surface area contributed by atoms with E-state index in [1.165, 1.54) is 0 Å². The van der Waals surface area contributed by atoms with Crippen molar-refractivity contribution in [3.05, 3.63) is 0 Å². The van der Waals surface area contributed by atoms with E-state index in [0.29, 0.717) is 0 Å². The molecular formula is H12InO6. The van der Waals surface area contributed by atoms with Gasteiger partial charge >= 0.3 is 0 Å². The molecule has 0 unspecified atom stereocenters. The molecule has 0 bridgehead atoms. The molecule has 0 aromatic rings. The fraction of sp³-hybridized carbons (Fsp3) is 0. The molecule has 3 radical (unpaired) electrons. The maximum absolute atomic E-state index is 0. The summed E-state index contributed by atoms with van der Waals surface area (Å²) in [7, 11) is 0. The smallest absolute Gasteiger partial charge is 0 e. The molecule has 0 aliphatic heterocycles. The summed E-state index contributed by atoms with van der Waals surface area (Å²) in [6.07, 6.45) is 0. The van der Waals surface area contributed by atoms with Crippen LogP contribution in [0.2, 0.25) is 0 Å². The zero-order chi connectivity index (χ0) is 0. The third kappa shape index (κ3) is 358. The van der Waals surface area contributed by atoms with Crippen molar-refractivity contribution in [1.82, 2.24) is 0 Å². The van der Waals surface area contributed by atoms with E-state index >= 15 is 0 Å². The molecule has 0 saturated heterocycles. The van der Waals surface area contributed by atoms with Crippen LogP contribution in [0.5, 0.6) is 0 Å². The van der Waals surface area contributed by atoms with Crippen molar-refractivity contribution in [2.45, 2.75) is 0 Å². The molecule has 0 atom stereocenters. The summed E-state index contributed by atoms with van der Waals surface area (Å²) in [5, 5.41) is 0. The van der Waals surface area contributed by atoms with Gasteiger partial charge in [0.2, 0.25) is 0 Å². The molecule has 6 nitrogen and oxygen atoms in total. The van der Waals surface area contributed by atoms with Crippen LogP contribution in [0.3, 0.4) is 0 Å². The second kappa shape index (κ2) is 529. The van der Waals surface area contributed by atoms with Crippen LogP contribution in [-0.2, 0) is 0 Å². The first kappa shape index (κ1) is 845. The van der Waals surface area contributed by atoms with E-state index in [-0.39, 0.29) is 58.7 Å². The maximum Gasteiger partial charge on any atom is 0 e. The SMILES string of the molecule is O.O.O.O.O.O.[In]. The van der Waals surface area contributed by atoms with Crippen LogP contribution in [0, 0.1) is 0 Å². The molecule has 7 heavy (non-hydrogen) atoms. The fourth-order valence-electron chi connectivity index (χ4n) is 0. The molecule has 0 heterocycles. The van der Waals surface area contributed by atoms with Crippen molar-refractivity contribution in [1.29, 1.82) is 0 Å². The number of hydrogen-bond acceptors (Lipinski definition) is 0. The Morgan fingerprint density at radius 1 is 0.286 bits per heavy atom. The fourth-order valence-corrected chi connectivity index (χ4v) is 0. The summed E-state index contributed by atoms with van der Waals surface area (Å²) in [5.41, 5.74) is 0. The van der Waals surface area contributed by atoms with Crippen LogP contribution >= 0.6 is 0 Å². The molecule has 0 saturated carbocycles. The monoisotopic (exact) mass is 223 g/mol. The molecule has 0 spiro atoms. The summed E-state index contributed by atoms with van der Waals surface area (Å²) in [5.74, 6) is 0. The van der Waals surface area contributed by atoms with Gasteiger partial charge in [-0.05, 0) is 0 Å². The first-order valence-corrected chi connectivity index (χ1v) is 0.